The predicted molar refractivity (Wildman–Crippen MR) is 63.7 cm³/mol. The quantitative estimate of drug-likeness (QED) is 0.863. The zero-order chi connectivity index (χ0) is 11.8. The van der Waals surface area contributed by atoms with Crippen LogP contribution in [0.2, 0.25) is 0 Å². The number of nitrogens with zero attached hydrogens (tertiary/aromatic N) is 1. The van der Waals surface area contributed by atoms with E-state index in [0.717, 1.165) is 24.3 Å². The molecular formula is C12H17NO2S. The van der Waals surface area contributed by atoms with E-state index < -0.39 is 11.4 Å². The zero-order valence-electron chi connectivity index (χ0n) is 9.69. The van der Waals surface area contributed by atoms with E-state index in [2.05, 4.69) is 18.8 Å². The predicted octanol–water partition coefficient (Wildman–Crippen LogP) is 3.07. The molecule has 1 N–H and O–H groups in total. The molecule has 16 heavy (non-hydrogen) atoms. The lowest BCUT2D eigenvalue weighted by atomic mass is 9.58. The summed E-state index contributed by atoms with van der Waals surface area (Å²) in [7, 11) is 0. The molecule has 4 heteroatoms. The average molecular weight is 239 g/mol. The van der Waals surface area contributed by atoms with Gasteiger partial charge in [-0.3, -0.25) is 4.79 Å². The van der Waals surface area contributed by atoms with Gasteiger partial charge in [0.1, 0.15) is 10.4 Å². The molecular weight excluding hydrogens is 222 g/mol. The lowest BCUT2D eigenvalue weighted by Crippen LogP contribution is -2.50. The molecule has 1 saturated carbocycles. The molecule has 0 saturated heterocycles. The van der Waals surface area contributed by atoms with Crippen molar-refractivity contribution in [3.05, 3.63) is 16.6 Å². The minimum absolute atomic E-state index is 0.213. The fourth-order valence-corrected chi connectivity index (χ4v) is 3.87. The van der Waals surface area contributed by atoms with Crippen molar-refractivity contribution >= 4 is 17.3 Å². The first kappa shape index (κ1) is 11.6. The smallest absolute Gasteiger partial charge is 0.317 e. The Kier molecular flexibility index (Phi) is 2.78. The van der Waals surface area contributed by atoms with Gasteiger partial charge in [0.2, 0.25) is 0 Å². The summed E-state index contributed by atoms with van der Waals surface area (Å²) in [5, 5.41) is 12.3. The molecule has 0 radical (unpaired) electrons. The lowest BCUT2D eigenvalue weighted by molar-refractivity contribution is -0.151. The molecule has 3 nitrogen and oxygen atoms in total. The molecule has 1 aliphatic rings. The highest BCUT2D eigenvalue weighted by atomic mass is 32.1. The number of carboxylic acids is 1. The maximum Gasteiger partial charge on any atom is 0.317 e. The molecule has 1 fully saturated rings. The summed E-state index contributed by atoms with van der Waals surface area (Å²) in [6.07, 6.45) is 5.47. The van der Waals surface area contributed by atoms with Gasteiger partial charge in [0.25, 0.3) is 0 Å². The number of aliphatic carboxylic acids is 1. The Bertz CT molecular complexity index is 386. The van der Waals surface area contributed by atoms with Crippen molar-refractivity contribution in [1.29, 1.82) is 0 Å². The molecule has 0 amide bonds. The molecule has 1 aromatic heterocycles. The summed E-state index contributed by atoms with van der Waals surface area (Å²) < 4.78 is 0. The van der Waals surface area contributed by atoms with E-state index in [1.54, 1.807) is 6.20 Å². The Hall–Kier alpha value is -0.900. The maximum absolute atomic E-state index is 11.8. The van der Waals surface area contributed by atoms with Gasteiger partial charge in [0.15, 0.2) is 0 Å². The fourth-order valence-electron chi connectivity index (χ4n) is 2.83. The van der Waals surface area contributed by atoms with Gasteiger partial charge < -0.3 is 5.11 Å². The molecule has 0 aliphatic heterocycles. The third kappa shape index (κ3) is 1.47. The van der Waals surface area contributed by atoms with Crippen LogP contribution in [0.5, 0.6) is 0 Å². The van der Waals surface area contributed by atoms with E-state index in [0.29, 0.717) is 6.42 Å². The number of hydrogen-bond donors (Lipinski definition) is 1. The fraction of sp³-hybridized carbons (Fsp3) is 0.667. The minimum atomic E-state index is -0.778. The first-order valence-electron chi connectivity index (χ1n) is 5.64. The maximum atomic E-state index is 11.8. The molecule has 1 unspecified atom stereocenters. The second-order valence-electron chi connectivity index (χ2n) is 5.14. The highest BCUT2D eigenvalue weighted by Crippen LogP contribution is 2.52. The van der Waals surface area contributed by atoms with Crippen LogP contribution in [0.15, 0.2) is 11.6 Å². The van der Waals surface area contributed by atoms with Crippen LogP contribution < -0.4 is 0 Å². The van der Waals surface area contributed by atoms with Gasteiger partial charge in [-0.25, -0.2) is 4.98 Å². The van der Waals surface area contributed by atoms with E-state index in [9.17, 15) is 9.90 Å². The standard InChI is InChI=1S/C12H17NO2S/c1-11(2)5-3-4-6-12(11,10(14)15)9-13-7-8-16-9/h7-8H,3-6H2,1-2H3,(H,14,15). The summed E-state index contributed by atoms with van der Waals surface area (Å²) in [6.45, 7) is 4.11. The molecule has 1 atom stereocenters. The molecule has 2 rings (SSSR count). The minimum Gasteiger partial charge on any atom is -0.480 e. The van der Waals surface area contributed by atoms with Gasteiger partial charge in [-0.15, -0.1) is 11.3 Å². The summed E-state index contributed by atoms with van der Waals surface area (Å²) in [5.74, 6) is -0.716. The number of carbonyl (C=O) groups is 1. The average Bonchev–Trinajstić information content (AvgIpc) is 2.70. The van der Waals surface area contributed by atoms with Crippen LogP contribution in [-0.4, -0.2) is 16.1 Å². The number of hydrogen-bond acceptors (Lipinski definition) is 3. The molecule has 0 aromatic carbocycles. The first-order valence-corrected chi connectivity index (χ1v) is 6.52. The van der Waals surface area contributed by atoms with E-state index in [4.69, 9.17) is 0 Å². The Morgan fingerprint density at radius 1 is 1.44 bits per heavy atom. The Morgan fingerprint density at radius 2 is 2.12 bits per heavy atom. The number of carboxylic acid groups (broad SMARTS) is 1. The van der Waals surface area contributed by atoms with Crippen molar-refractivity contribution in [1.82, 2.24) is 4.98 Å². The van der Waals surface area contributed by atoms with Crippen molar-refractivity contribution < 1.29 is 9.90 Å². The number of thiazole rings is 1. The molecule has 1 heterocycles. The van der Waals surface area contributed by atoms with Gasteiger partial charge in [0.05, 0.1) is 0 Å². The summed E-state index contributed by atoms with van der Waals surface area (Å²) >= 11 is 1.47. The highest BCUT2D eigenvalue weighted by Gasteiger charge is 2.55. The van der Waals surface area contributed by atoms with Crippen molar-refractivity contribution in [2.45, 2.75) is 44.9 Å². The molecule has 1 aliphatic carbocycles. The lowest BCUT2D eigenvalue weighted by Gasteiger charge is -2.45. The monoisotopic (exact) mass is 239 g/mol. The SMILES string of the molecule is CC1(C)CCCCC1(C(=O)O)c1nccs1. The highest BCUT2D eigenvalue weighted by molar-refractivity contribution is 7.09. The second-order valence-corrected chi connectivity index (χ2v) is 6.03. The van der Waals surface area contributed by atoms with Crippen LogP contribution in [0.3, 0.4) is 0 Å². The van der Waals surface area contributed by atoms with Crippen LogP contribution in [0, 0.1) is 5.41 Å². The molecule has 0 spiro atoms. The first-order chi connectivity index (χ1) is 7.51. The van der Waals surface area contributed by atoms with Crippen molar-refractivity contribution in [2.75, 3.05) is 0 Å². The van der Waals surface area contributed by atoms with Crippen LogP contribution in [0.4, 0.5) is 0 Å². The largest absolute Gasteiger partial charge is 0.480 e. The van der Waals surface area contributed by atoms with Crippen LogP contribution >= 0.6 is 11.3 Å². The van der Waals surface area contributed by atoms with E-state index in [-0.39, 0.29) is 5.41 Å². The van der Waals surface area contributed by atoms with Gasteiger partial charge in [-0.05, 0) is 18.3 Å². The van der Waals surface area contributed by atoms with Crippen molar-refractivity contribution in [3.63, 3.8) is 0 Å². The Morgan fingerprint density at radius 3 is 2.62 bits per heavy atom. The van der Waals surface area contributed by atoms with Gasteiger partial charge in [-0.1, -0.05) is 26.7 Å². The Balaban J connectivity index is 2.54. The molecule has 0 bridgehead atoms. The number of rotatable bonds is 2. The van der Waals surface area contributed by atoms with E-state index in [1.165, 1.54) is 11.3 Å². The summed E-state index contributed by atoms with van der Waals surface area (Å²) in [6, 6.07) is 0. The van der Waals surface area contributed by atoms with Gasteiger partial charge >= 0.3 is 5.97 Å². The molecule has 1 aromatic rings. The van der Waals surface area contributed by atoms with E-state index in [1.807, 2.05) is 5.38 Å². The molecule has 88 valence electrons. The third-order valence-electron chi connectivity index (χ3n) is 3.92. The third-order valence-corrected chi connectivity index (χ3v) is 4.86. The summed E-state index contributed by atoms with van der Waals surface area (Å²) in [4.78, 5) is 16.0. The van der Waals surface area contributed by atoms with Crippen molar-refractivity contribution in [3.8, 4) is 0 Å². The van der Waals surface area contributed by atoms with Crippen LogP contribution in [-0.2, 0) is 10.2 Å². The van der Waals surface area contributed by atoms with Gasteiger partial charge in [-0.2, -0.15) is 0 Å². The topological polar surface area (TPSA) is 50.2 Å². The van der Waals surface area contributed by atoms with Crippen molar-refractivity contribution in [2.24, 2.45) is 5.41 Å². The zero-order valence-corrected chi connectivity index (χ0v) is 10.5. The van der Waals surface area contributed by atoms with E-state index >= 15 is 0 Å². The van der Waals surface area contributed by atoms with Crippen LogP contribution in [0.1, 0.15) is 44.5 Å². The Labute approximate surface area is 99.5 Å². The van der Waals surface area contributed by atoms with Crippen LogP contribution in [0.25, 0.3) is 0 Å². The normalized spacial score (nSPS) is 28.9. The second kappa shape index (κ2) is 3.84. The van der Waals surface area contributed by atoms with Gasteiger partial charge in [0, 0.05) is 11.6 Å². The number of aromatic nitrogens is 1. The summed E-state index contributed by atoms with van der Waals surface area (Å²) in [5.41, 5.74) is -0.992.